The van der Waals surface area contributed by atoms with Gasteiger partial charge < -0.3 is 0 Å². The molecule has 0 spiro atoms. The second-order valence-corrected chi connectivity index (χ2v) is 9.64. The number of methoxy groups -OCH3 is 4. The van der Waals surface area contributed by atoms with Gasteiger partial charge in [0.05, 0.1) is 0 Å². The Kier molecular flexibility index (Phi) is 7.76. The molecular weight excluding hydrogens is 524 g/mol. The van der Waals surface area contributed by atoms with E-state index in [-0.39, 0.29) is 20.6 Å². The molecule has 0 aliphatic heterocycles. The summed E-state index contributed by atoms with van der Waals surface area (Å²) in [5, 5.41) is 0. The first-order valence-electron chi connectivity index (χ1n) is 8.14. The zero-order valence-electron chi connectivity index (χ0n) is 16.3. The van der Waals surface area contributed by atoms with Crippen molar-refractivity contribution in [2.45, 2.75) is 6.18 Å². The van der Waals surface area contributed by atoms with Crippen molar-refractivity contribution in [2.24, 2.45) is 0 Å². The van der Waals surface area contributed by atoms with E-state index >= 15 is 0 Å². The number of rotatable bonds is 7. The van der Waals surface area contributed by atoms with Crippen LogP contribution in [-0.4, -0.2) is 46.6 Å². The van der Waals surface area contributed by atoms with Gasteiger partial charge >= 0.3 is 178 Å². The van der Waals surface area contributed by atoms with Crippen molar-refractivity contribution < 1.29 is 44.8 Å². The van der Waals surface area contributed by atoms with Crippen LogP contribution in [0.1, 0.15) is 10.4 Å². The van der Waals surface area contributed by atoms with E-state index in [0.29, 0.717) is 9.32 Å². The quantitative estimate of drug-likeness (QED) is 0.386. The summed E-state index contributed by atoms with van der Waals surface area (Å²) in [6.07, 6.45) is -5.19. The maximum absolute atomic E-state index is 12.9. The number of esters is 1. The molecule has 0 fully saturated rings. The van der Waals surface area contributed by atoms with Gasteiger partial charge in [0.25, 0.3) is 0 Å². The molecule has 0 amide bonds. The molecule has 7 nitrogen and oxygen atoms in total. The Labute approximate surface area is 177 Å². The third-order valence-corrected chi connectivity index (χ3v) is 8.40. The second kappa shape index (κ2) is 9.87. The van der Waals surface area contributed by atoms with Crippen LogP contribution in [0.5, 0.6) is 17.2 Å². The molecule has 11 heteroatoms. The van der Waals surface area contributed by atoms with Crippen molar-refractivity contribution >= 4 is 32.2 Å². The summed E-state index contributed by atoms with van der Waals surface area (Å²) in [5.74, 6) is -2.32. The van der Waals surface area contributed by atoms with Crippen molar-refractivity contribution in [1.82, 2.24) is 0 Å². The zero-order chi connectivity index (χ0) is 22.5. The molecule has 2 aromatic rings. The Hall–Kier alpha value is -2.70. The summed E-state index contributed by atoms with van der Waals surface area (Å²) in [6.45, 7) is 0. The molecule has 0 atom stereocenters. The molecule has 2 rings (SSSR count). The number of halogens is 4. The van der Waals surface area contributed by atoms with Crippen LogP contribution in [0.4, 0.5) is 13.2 Å². The van der Waals surface area contributed by atoms with E-state index in [4.69, 9.17) is 17.3 Å². The average Bonchev–Trinajstić information content (AvgIpc) is 2.75. The molecule has 0 saturated carbocycles. The summed E-state index contributed by atoms with van der Waals surface area (Å²) in [5.41, 5.74) is 0.188. The molecule has 0 aliphatic carbocycles. The summed E-state index contributed by atoms with van der Waals surface area (Å²) in [4.78, 5) is 23.3. The SMILES string of the molecule is COC(=O)c1ccc(I(OC(=O)C(F)(F)F)c2c(OC)cc(OC)cc2OC)cc1. The molecule has 0 saturated heterocycles. The normalized spacial score (nSPS) is 11.4. The standard InChI is InChI=1S/C19H18F3IO7/c1-26-13-9-14(27-2)16(15(10-13)28-3)23(30-18(25)19(20,21)22)12-7-5-11(6-8-12)17(24)29-4/h5-10H,1-4H3. The fourth-order valence-corrected chi connectivity index (χ4v) is 6.73. The van der Waals surface area contributed by atoms with Crippen molar-refractivity contribution in [3.8, 4) is 17.2 Å². The number of hydrogen-bond donors (Lipinski definition) is 0. The fraction of sp³-hybridized carbons (Fsp3) is 0.263. The monoisotopic (exact) mass is 542 g/mol. The molecule has 0 unspecified atom stereocenters. The van der Waals surface area contributed by atoms with Crippen LogP contribution >= 0.6 is 20.2 Å². The number of benzene rings is 2. The summed E-state index contributed by atoms with van der Waals surface area (Å²) in [7, 11) is 5.24. The summed E-state index contributed by atoms with van der Waals surface area (Å²) in [6, 6.07) is 8.46. The third kappa shape index (κ3) is 5.26. The molecule has 2 aromatic carbocycles. The fourth-order valence-electron chi connectivity index (χ4n) is 2.26. The predicted molar refractivity (Wildman–Crippen MR) is 107 cm³/mol. The number of ether oxygens (including phenoxy) is 4. The number of hydrogen-bond acceptors (Lipinski definition) is 7. The van der Waals surface area contributed by atoms with Crippen molar-refractivity contribution in [3.05, 3.63) is 49.1 Å². The first-order chi connectivity index (χ1) is 14.2. The first kappa shape index (κ1) is 23.6. The third-order valence-electron chi connectivity index (χ3n) is 3.67. The summed E-state index contributed by atoms with van der Waals surface area (Å²) < 4.78 is 64.7. The Bertz CT molecular complexity index is 888. The first-order valence-corrected chi connectivity index (χ1v) is 11.2. The van der Waals surface area contributed by atoms with Gasteiger partial charge in [-0.2, -0.15) is 0 Å². The van der Waals surface area contributed by atoms with E-state index in [2.05, 4.69) is 4.74 Å². The van der Waals surface area contributed by atoms with Gasteiger partial charge in [-0.15, -0.1) is 0 Å². The van der Waals surface area contributed by atoms with Gasteiger partial charge in [0, 0.05) is 0 Å². The molecule has 0 radical (unpaired) electrons. The van der Waals surface area contributed by atoms with Crippen LogP contribution in [0.2, 0.25) is 0 Å². The Balaban J connectivity index is 2.65. The van der Waals surface area contributed by atoms with Gasteiger partial charge in [0.15, 0.2) is 0 Å². The Morgan fingerprint density at radius 1 is 0.867 bits per heavy atom. The van der Waals surface area contributed by atoms with Crippen molar-refractivity contribution in [1.29, 1.82) is 0 Å². The van der Waals surface area contributed by atoms with Crippen molar-refractivity contribution in [3.63, 3.8) is 0 Å². The minimum atomic E-state index is -5.19. The topological polar surface area (TPSA) is 80.3 Å². The Morgan fingerprint density at radius 3 is 1.80 bits per heavy atom. The molecule has 0 aromatic heterocycles. The van der Waals surface area contributed by atoms with Crippen molar-refractivity contribution in [2.75, 3.05) is 28.4 Å². The van der Waals surface area contributed by atoms with E-state index < -0.39 is 38.3 Å². The van der Waals surface area contributed by atoms with E-state index in [1.807, 2.05) is 0 Å². The van der Waals surface area contributed by atoms with Crippen LogP contribution < -0.4 is 14.2 Å². The second-order valence-electron chi connectivity index (χ2n) is 5.46. The van der Waals surface area contributed by atoms with Gasteiger partial charge in [-0.05, 0) is 0 Å². The molecule has 30 heavy (non-hydrogen) atoms. The molecule has 0 heterocycles. The van der Waals surface area contributed by atoms with Crippen LogP contribution in [0, 0.1) is 7.14 Å². The van der Waals surface area contributed by atoms with E-state index in [1.165, 1.54) is 64.8 Å². The van der Waals surface area contributed by atoms with Gasteiger partial charge in [0.1, 0.15) is 0 Å². The Morgan fingerprint density at radius 2 is 1.40 bits per heavy atom. The summed E-state index contributed by atoms with van der Waals surface area (Å²) >= 11 is -3.57. The number of alkyl halides is 3. The molecule has 0 aliphatic rings. The van der Waals surface area contributed by atoms with Gasteiger partial charge in [-0.1, -0.05) is 0 Å². The van der Waals surface area contributed by atoms with Crippen LogP contribution in [0.25, 0.3) is 0 Å². The number of carbonyl (C=O) groups excluding carboxylic acids is 2. The van der Waals surface area contributed by atoms with Gasteiger partial charge in [-0.3, -0.25) is 0 Å². The molecule has 164 valence electrons. The van der Waals surface area contributed by atoms with E-state index in [9.17, 15) is 22.8 Å². The zero-order valence-corrected chi connectivity index (χ0v) is 18.5. The van der Waals surface area contributed by atoms with E-state index in [1.54, 1.807) is 0 Å². The van der Waals surface area contributed by atoms with Gasteiger partial charge in [-0.25, -0.2) is 0 Å². The maximum atomic E-state index is 12.9. The predicted octanol–water partition coefficient (Wildman–Crippen LogP) is 4.07. The molecule has 0 N–H and O–H groups in total. The van der Waals surface area contributed by atoms with Crippen LogP contribution in [0.3, 0.4) is 0 Å². The number of carbonyl (C=O) groups is 2. The minimum absolute atomic E-state index is 0.142. The van der Waals surface area contributed by atoms with Crippen LogP contribution in [-0.2, 0) is 12.6 Å². The molecule has 0 bridgehead atoms. The van der Waals surface area contributed by atoms with Crippen LogP contribution in [0.15, 0.2) is 36.4 Å². The van der Waals surface area contributed by atoms with E-state index in [0.717, 1.165) is 0 Å². The molecular formula is C19H18F3IO7. The van der Waals surface area contributed by atoms with Gasteiger partial charge in [0.2, 0.25) is 0 Å². The average molecular weight is 542 g/mol.